The second-order valence-corrected chi connectivity index (χ2v) is 15.5. The molecule has 1 saturated heterocycles. The van der Waals surface area contributed by atoms with Crippen LogP contribution in [0.4, 0.5) is 11.6 Å². The number of sulfonamides is 1. The Hall–Kier alpha value is -3.74. The van der Waals surface area contributed by atoms with E-state index in [2.05, 4.69) is 43.9 Å². The van der Waals surface area contributed by atoms with E-state index in [4.69, 9.17) is 9.72 Å². The predicted molar refractivity (Wildman–Crippen MR) is 162 cm³/mol. The Morgan fingerprint density at radius 3 is 2.66 bits per heavy atom. The molecule has 3 saturated carbocycles. The first-order chi connectivity index (χ1) is 21.1. The summed E-state index contributed by atoms with van der Waals surface area (Å²) in [4.78, 5) is 29.2. The van der Waals surface area contributed by atoms with Crippen molar-refractivity contribution in [3.63, 3.8) is 0 Å². The summed E-state index contributed by atoms with van der Waals surface area (Å²) in [6.07, 6.45) is 12.5. The maximum absolute atomic E-state index is 13.6. The first kappa shape index (κ1) is 27.8. The van der Waals surface area contributed by atoms with Gasteiger partial charge in [0, 0.05) is 37.1 Å². The van der Waals surface area contributed by atoms with E-state index in [1.54, 1.807) is 29.1 Å². The maximum atomic E-state index is 13.6. The number of rotatable bonds is 5. The van der Waals surface area contributed by atoms with Gasteiger partial charge in [-0.1, -0.05) is 6.07 Å². The zero-order valence-corrected chi connectivity index (χ0v) is 25.9. The van der Waals surface area contributed by atoms with Crippen LogP contribution in [0.25, 0.3) is 5.95 Å². The lowest BCUT2D eigenvalue weighted by Gasteiger charge is -2.33. The molecule has 3 aliphatic carbocycles. The van der Waals surface area contributed by atoms with Gasteiger partial charge in [-0.2, -0.15) is 13.4 Å². The summed E-state index contributed by atoms with van der Waals surface area (Å²) in [5.41, 5.74) is 1.07. The van der Waals surface area contributed by atoms with Gasteiger partial charge in [0.05, 0.1) is 6.61 Å². The van der Waals surface area contributed by atoms with Crippen molar-refractivity contribution in [3.05, 3.63) is 42.2 Å². The fraction of sp³-hybridized carbons (Fsp3) is 0.581. The van der Waals surface area contributed by atoms with E-state index in [0.29, 0.717) is 54.0 Å². The molecule has 4 fully saturated rings. The van der Waals surface area contributed by atoms with Crippen molar-refractivity contribution >= 4 is 27.6 Å². The molecule has 44 heavy (non-hydrogen) atoms. The molecule has 5 heterocycles. The van der Waals surface area contributed by atoms with Gasteiger partial charge < -0.3 is 15.0 Å². The SMILES string of the molecule is CC1(C)C[C@@H]2CCCNc3cccc(n3)S(=O)(=O)NC(=O)c3cnc(-n4ccc(OCCC5C6(CC6)C56CC6)n4)nc3N1C2. The molecular formula is C31H38N8O4S. The minimum absolute atomic E-state index is 0.0753. The number of aromatic nitrogens is 5. The number of nitrogens with one attached hydrogen (secondary N) is 2. The van der Waals surface area contributed by atoms with Crippen molar-refractivity contribution in [1.29, 1.82) is 0 Å². The van der Waals surface area contributed by atoms with Gasteiger partial charge in [0.25, 0.3) is 21.9 Å². The van der Waals surface area contributed by atoms with Gasteiger partial charge in [0.2, 0.25) is 5.88 Å². The Labute approximate surface area is 257 Å². The quantitative estimate of drug-likeness (QED) is 0.431. The second-order valence-electron chi connectivity index (χ2n) is 13.9. The van der Waals surface area contributed by atoms with Crippen LogP contribution in [-0.2, 0) is 10.0 Å². The molecule has 5 aliphatic rings. The number of carbonyl (C=O) groups excluding carboxylic acids is 1. The predicted octanol–water partition coefficient (Wildman–Crippen LogP) is 3.95. The minimum Gasteiger partial charge on any atom is -0.477 e. The Morgan fingerprint density at radius 1 is 1.09 bits per heavy atom. The molecule has 8 rings (SSSR count). The van der Waals surface area contributed by atoms with E-state index in [-0.39, 0.29) is 22.1 Å². The van der Waals surface area contributed by atoms with Crippen LogP contribution in [0.2, 0.25) is 0 Å². The zero-order valence-electron chi connectivity index (χ0n) is 25.1. The first-order valence-electron chi connectivity index (χ1n) is 15.7. The third-order valence-electron chi connectivity index (χ3n) is 10.8. The van der Waals surface area contributed by atoms with E-state index in [1.807, 2.05) is 0 Å². The summed E-state index contributed by atoms with van der Waals surface area (Å²) < 4.78 is 36.2. The standard InChI is InChI=1S/C31H38N8O4S/c1-29(2)17-20-5-4-14-32-23-6-3-7-25(34-23)44(41,42)37-27(40)21-18-33-28(35-26(21)38(29)19-20)39-15-8-24(36-39)43-16-9-22-30(10-11-30)31(22)12-13-31/h3,6-8,15,18,20,22H,4-5,9-14,16-17,19H2,1-2H3,(H,32,34)(H,37,40)/t20-/m0/s1. The number of hydrogen-bond donors (Lipinski definition) is 2. The summed E-state index contributed by atoms with van der Waals surface area (Å²) in [6, 6.07) is 6.49. The average Bonchev–Trinajstić information content (AvgIpc) is 3.94. The highest BCUT2D eigenvalue weighted by atomic mass is 32.2. The van der Waals surface area contributed by atoms with Gasteiger partial charge in [-0.15, -0.1) is 5.10 Å². The smallest absolute Gasteiger partial charge is 0.281 e. The van der Waals surface area contributed by atoms with E-state index >= 15 is 0 Å². The first-order valence-corrected chi connectivity index (χ1v) is 17.2. The molecule has 1 atom stereocenters. The third-order valence-corrected chi connectivity index (χ3v) is 12.0. The highest BCUT2D eigenvalue weighted by Gasteiger charge is 2.85. The van der Waals surface area contributed by atoms with Crippen molar-refractivity contribution in [3.8, 4) is 11.8 Å². The number of pyridine rings is 1. The number of ether oxygens (including phenoxy) is 1. The highest BCUT2D eigenvalue weighted by molar-refractivity contribution is 7.90. The van der Waals surface area contributed by atoms with Gasteiger partial charge >= 0.3 is 0 Å². The van der Waals surface area contributed by atoms with Crippen LogP contribution in [0.5, 0.6) is 5.88 Å². The van der Waals surface area contributed by atoms with E-state index in [1.165, 1.54) is 37.9 Å². The molecule has 0 radical (unpaired) electrons. The number of nitrogens with zero attached hydrogens (tertiary/aromatic N) is 6. The van der Waals surface area contributed by atoms with Crippen molar-refractivity contribution in [1.82, 2.24) is 29.5 Å². The number of hydrogen-bond acceptors (Lipinski definition) is 10. The summed E-state index contributed by atoms with van der Waals surface area (Å²) in [7, 11) is -4.25. The average molecular weight is 619 g/mol. The molecule has 1 amide bonds. The molecule has 2 N–H and O–H groups in total. The van der Waals surface area contributed by atoms with Crippen LogP contribution in [0, 0.1) is 22.7 Å². The monoisotopic (exact) mass is 618 g/mol. The summed E-state index contributed by atoms with van der Waals surface area (Å²) in [5.74, 6) is 1.98. The molecule has 13 heteroatoms. The summed E-state index contributed by atoms with van der Waals surface area (Å²) in [6.45, 7) is 6.23. The molecule has 2 spiro atoms. The zero-order chi connectivity index (χ0) is 30.3. The fourth-order valence-corrected chi connectivity index (χ4v) is 9.36. The molecule has 3 aromatic rings. The molecule has 2 aliphatic heterocycles. The van der Waals surface area contributed by atoms with Crippen LogP contribution in [-0.4, -0.2) is 64.3 Å². The molecule has 0 aromatic carbocycles. The Bertz CT molecular complexity index is 1730. The van der Waals surface area contributed by atoms with Crippen LogP contribution in [0.1, 0.15) is 75.6 Å². The van der Waals surface area contributed by atoms with Crippen LogP contribution < -0.4 is 19.7 Å². The fourth-order valence-electron chi connectivity index (χ4n) is 8.42. The van der Waals surface area contributed by atoms with Crippen LogP contribution >= 0.6 is 0 Å². The number of amides is 1. The Kier molecular flexibility index (Phi) is 6.08. The molecule has 4 bridgehead atoms. The van der Waals surface area contributed by atoms with Crippen molar-refractivity contribution in [2.75, 3.05) is 29.9 Å². The van der Waals surface area contributed by atoms with Crippen LogP contribution in [0.15, 0.2) is 41.7 Å². The topological polar surface area (TPSA) is 144 Å². The van der Waals surface area contributed by atoms with E-state index in [0.717, 1.165) is 31.6 Å². The van der Waals surface area contributed by atoms with Crippen molar-refractivity contribution in [2.45, 2.75) is 75.8 Å². The van der Waals surface area contributed by atoms with Crippen molar-refractivity contribution in [2.24, 2.45) is 22.7 Å². The van der Waals surface area contributed by atoms with Gasteiger partial charge in [-0.05, 0) is 100 Å². The maximum Gasteiger partial charge on any atom is 0.281 e. The van der Waals surface area contributed by atoms with E-state index in [9.17, 15) is 13.2 Å². The third kappa shape index (κ3) is 4.53. The van der Waals surface area contributed by atoms with Gasteiger partial charge in [-0.3, -0.25) is 4.79 Å². The number of anilines is 2. The van der Waals surface area contributed by atoms with Crippen LogP contribution in [0.3, 0.4) is 0 Å². The number of fused-ring (bicyclic) bond motifs is 7. The molecule has 12 nitrogen and oxygen atoms in total. The Balaban J connectivity index is 1.07. The normalized spacial score (nSPS) is 25.4. The van der Waals surface area contributed by atoms with Gasteiger partial charge in [-0.25, -0.2) is 19.4 Å². The summed E-state index contributed by atoms with van der Waals surface area (Å²) in [5, 5.41) is 7.56. The second kappa shape index (κ2) is 9.63. The largest absolute Gasteiger partial charge is 0.477 e. The van der Waals surface area contributed by atoms with Gasteiger partial charge in [0.1, 0.15) is 17.2 Å². The Morgan fingerprint density at radius 2 is 1.89 bits per heavy atom. The lowest BCUT2D eigenvalue weighted by Crippen LogP contribution is -2.41. The molecular weight excluding hydrogens is 580 g/mol. The number of carbonyl (C=O) groups is 1. The van der Waals surface area contributed by atoms with Gasteiger partial charge in [0.15, 0.2) is 5.03 Å². The molecule has 3 aromatic heterocycles. The minimum atomic E-state index is -4.25. The lowest BCUT2D eigenvalue weighted by molar-refractivity contribution is 0.0981. The summed E-state index contributed by atoms with van der Waals surface area (Å²) >= 11 is 0. The van der Waals surface area contributed by atoms with E-state index < -0.39 is 15.9 Å². The molecule has 232 valence electrons. The lowest BCUT2D eigenvalue weighted by atomic mass is 9.93. The highest BCUT2D eigenvalue weighted by Crippen LogP contribution is 2.93. The van der Waals surface area contributed by atoms with Crippen molar-refractivity contribution < 1.29 is 17.9 Å². The molecule has 0 unspecified atom stereocenters.